The predicted octanol–water partition coefficient (Wildman–Crippen LogP) is 3.56. The minimum atomic E-state index is -0.153. The van der Waals surface area contributed by atoms with Crippen LogP contribution in [0.4, 0.5) is 10.1 Å². The van der Waals surface area contributed by atoms with Gasteiger partial charge in [0.15, 0.2) is 0 Å². The van der Waals surface area contributed by atoms with Crippen LogP contribution in [-0.2, 0) is 0 Å². The fourth-order valence-corrected chi connectivity index (χ4v) is 2.99. The molecule has 0 spiro atoms. The van der Waals surface area contributed by atoms with E-state index in [9.17, 15) is 4.39 Å². The van der Waals surface area contributed by atoms with Crippen molar-refractivity contribution in [1.29, 1.82) is 0 Å². The van der Waals surface area contributed by atoms with Crippen molar-refractivity contribution >= 4 is 5.69 Å². The predicted molar refractivity (Wildman–Crippen MR) is 78.8 cm³/mol. The first-order valence-electron chi connectivity index (χ1n) is 7.43. The van der Waals surface area contributed by atoms with Gasteiger partial charge in [0, 0.05) is 18.3 Å². The lowest BCUT2D eigenvalue weighted by molar-refractivity contribution is 0.333. The van der Waals surface area contributed by atoms with E-state index in [2.05, 4.69) is 11.8 Å². The maximum atomic E-state index is 13.4. The van der Waals surface area contributed by atoms with E-state index in [0.717, 1.165) is 24.6 Å². The van der Waals surface area contributed by atoms with E-state index >= 15 is 0 Å². The van der Waals surface area contributed by atoms with E-state index in [4.69, 9.17) is 5.73 Å². The second-order valence-corrected chi connectivity index (χ2v) is 5.73. The molecule has 3 heteroatoms. The molecule has 0 saturated heterocycles. The molecule has 106 valence electrons. The molecule has 0 atom stereocenters. The third kappa shape index (κ3) is 3.93. The fraction of sp³-hybridized carbons (Fsp3) is 0.625. The topological polar surface area (TPSA) is 29.3 Å². The van der Waals surface area contributed by atoms with Crippen molar-refractivity contribution in [2.24, 2.45) is 11.7 Å². The summed E-state index contributed by atoms with van der Waals surface area (Å²) in [5.41, 5.74) is 6.64. The summed E-state index contributed by atoms with van der Waals surface area (Å²) in [6, 6.07) is 7.51. The van der Waals surface area contributed by atoms with Crippen molar-refractivity contribution in [2.75, 3.05) is 18.0 Å². The maximum absolute atomic E-state index is 13.4. The van der Waals surface area contributed by atoms with Crippen LogP contribution in [0.3, 0.4) is 0 Å². The standard InChI is InChI=1S/C16H25FN2/c1-13-6-8-15(9-7-13)19(11-3-10-18)16-5-2-4-14(17)12-16/h2,4-5,12-13,15H,3,6-11,18H2,1H3. The van der Waals surface area contributed by atoms with Crippen molar-refractivity contribution in [3.05, 3.63) is 30.1 Å². The Morgan fingerprint density at radius 2 is 2.00 bits per heavy atom. The molecule has 1 saturated carbocycles. The molecule has 0 unspecified atom stereocenters. The highest BCUT2D eigenvalue weighted by Crippen LogP contribution is 2.30. The fourth-order valence-electron chi connectivity index (χ4n) is 2.99. The second-order valence-electron chi connectivity index (χ2n) is 5.73. The van der Waals surface area contributed by atoms with Gasteiger partial charge in [-0.15, -0.1) is 0 Å². The Hall–Kier alpha value is -1.09. The van der Waals surface area contributed by atoms with Crippen LogP contribution in [0.1, 0.15) is 39.0 Å². The monoisotopic (exact) mass is 264 g/mol. The van der Waals surface area contributed by atoms with Crippen LogP contribution in [-0.4, -0.2) is 19.1 Å². The first-order chi connectivity index (χ1) is 9.20. The Bertz CT molecular complexity index is 386. The molecule has 2 rings (SSSR count). The number of hydrogen-bond acceptors (Lipinski definition) is 2. The smallest absolute Gasteiger partial charge is 0.125 e. The average Bonchev–Trinajstić information content (AvgIpc) is 2.41. The van der Waals surface area contributed by atoms with Gasteiger partial charge in [-0.1, -0.05) is 13.0 Å². The van der Waals surface area contributed by atoms with Gasteiger partial charge in [0.2, 0.25) is 0 Å². The SMILES string of the molecule is CC1CCC(N(CCCN)c2cccc(F)c2)CC1. The summed E-state index contributed by atoms with van der Waals surface area (Å²) in [5, 5.41) is 0. The van der Waals surface area contributed by atoms with Gasteiger partial charge < -0.3 is 10.6 Å². The molecular weight excluding hydrogens is 239 g/mol. The lowest BCUT2D eigenvalue weighted by atomic mass is 9.86. The third-order valence-electron chi connectivity index (χ3n) is 4.17. The molecule has 2 nitrogen and oxygen atoms in total. The number of nitrogens with two attached hydrogens (primary N) is 1. The molecular formula is C16H25FN2. The number of rotatable bonds is 5. The molecule has 0 bridgehead atoms. The minimum Gasteiger partial charge on any atom is -0.368 e. The van der Waals surface area contributed by atoms with E-state index in [1.807, 2.05) is 6.07 Å². The lowest BCUT2D eigenvalue weighted by Crippen LogP contribution is -2.39. The Labute approximate surface area is 115 Å². The van der Waals surface area contributed by atoms with Crippen LogP contribution in [0.15, 0.2) is 24.3 Å². The molecule has 1 fully saturated rings. The number of halogens is 1. The molecule has 1 aromatic carbocycles. The van der Waals surface area contributed by atoms with Crippen molar-refractivity contribution in [3.8, 4) is 0 Å². The number of nitrogens with zero attached hydrogens (tertiary/aromatic N) is 1. The van der Waals surface area contributed by atoms with Gasteiger partial charge in [-0.25, -0.2) is 4.39 Å². The summed E-state index contributed by atoms with van der Waals surface area (Å²) in [6.45, 7) is 3.94. The Morgan fingerprint density at radius 1 is 1.26 bits per heavy atom. The van der Waals surface area contributed by atoms with Gasteiger partial charge in [-0.3, -0.25) is 0 Å². The average molecular weight is 264 g/mol. The highest BCUT2D eigenvalue weighted by Gasteiger charge is 2.24. The molecule has 1 aliphatic carbocycles. The summed E-state index contributed by atoms with van der Waals surface area (Å²) in [5.74, 6) is 0.680. The molecule has 0 aromatic heterocycles. The largest absolute Gasteiger partial charge is 0.368 e. The summed E-state index contributed by atoms with van der Waals surface area (Å²) >= 11 is 0. The van der Waals surface area contributed by atoms with Crippen LogP contribution in [0.25, 0.3) is 0 Å². The van der Waals surface area contributed by atoms with Crippen molar-refractivity contribution < 1.29 is 4.39 Å². The highest BCUT2D eigenvalue weighted by molar-refractivity contribution is 5.47. The van der Waals surface area contributed by atoms with Gasteiger partial charge >= 0.3 is 0 Å². The molecule has 1 aliphatic rings. The second kappa shape index (κ2) is 6.90. The summed E-state index contributed by atoms with van der Waals surface area (Å²) in [7, 11) is 0. The van der Waals surface area contributed by atoms with Gasteiger partial charge in [-0.2, -0.15) is 0 Å². The zero-order valence-corrected chi connectivity index (χ0v) is 11.8. The molecule has 0 heterocycles. The first-order valence-corrected chi connectivity index (χ1v) is 7.43. The van der Waals surface area contributed by atoms with E-state index < -0.39 is 0 Å². The maximum Gasteiger partial charge on any atom is 0.125 e. The van der Waals surface area contributed by atoms with E-state index in [-0.39, 0.29) is 5.82 Å². The molecule has 19 heavy (non-hydrogen) atoms. The molecule has 0 aliphatic heterocycles. The lowest BCUT2D eigenvalue weighted by Gasteiger charge is -2.38. The Kier molecular flexibility index (Phi) is 5.20. The van der Waals surface area contributed by atoms with Crippen LogP contribution in [0.5, 0.6) is 0 Å². The van der Waals surface area contributed by atoms with Crippen LogP contribution >= 0.6 is 0 Å². The van der Waals surface area contributed by atoms with Gasteiger partial charge in [-0.05, 0) is 62.8 Å². The van der Waals surface area contributed by atoms with Gasteiger partial charge in [0.25, 0.3) is 0 Å². The van der Waals surface area contributed by atoms with Crippen molar-refractivity contribution in [1.82, 2.24) is 0 Å². The van der Waals surface area contributed by atoms with E-state index in [1.165, 1.54) is 31.7 Å². The molecule has 2 N–H and O–H groups in total. The van der Waals surface area contributed by atoms with E-state index in [1.54, 1.807) is 12.1 Å². The normalized spacial score (nSPS) is 23.3. The van der Waals surface area contributed by atoms with Crippen LogP contribution in [0, 0.1) is 11.7 Å². The van der Waals surface area contributed by atoms with E-state index in [0.29, 0.717) is 12.6 Å². The first kappa shape index (κ1) is 14.3. The summed E-state index contributed by atoms with van der Waals surface area (Å²) < 4.78 is 13.4. The number of anilines is 1. The molecule has 1 aromatic rings. The zero-order chi connectivity index (χ0) is 13.7. The third-order valence-corrected chi connectivity index (χ3v) is 4.17. The van der Waals surface area contributed by atoms with Gasteiger partial charge in [0.05, 0.1) is 0 Å². The molecule has 0 radical (unpaired) electrons. The Morgan fingerprint density at radius 3 is 2.63 bits per heavy atom. The van der Waals surface area contributed by atoms with Gasteiger partial charge in [0.1, 0.15) is 5.82 Å². The number of benzene rings is 1. The zero-order valence-electron chi connectivity index (χ0n) is 11.8. The quantitative estimate of drug-likeness (QED) is 0.881. The Balaban J connectivity index is 2.11. The molecule has 0 amide bonds. The number of hydrogen-bond donors (Lipinski definition) is 1. The van der Waals surface area contributed by atoms with Crippen LogP contribution < -0.4 is 10.6 Å². The summed E-state index contributed by atoms with van der Waals surface area (Å²) in [6.07, 6.45) is 5.94. The van der Waals surface area contributed by atoms with Crippen molar-refractivity contribution in [3.63, 3.8) is 0 Å². The minimum absolute atomic E-state index is 0.153. The van der Waals surface area contributed by atoms with Crippen molar-refractivity contribution in [2.45, 2.75) is 45.1 Å². The summed E-state index contributed by atoms with van der Waals surface area (Å²) in [4.78, 5) is 2.36. The highest BCUT2D eigenvalue weighted by atomic mass is 19.1. The van der Waals surface area contributed by atoms with Crippen LogP contribution in [0.2, 0.25) is 0 Å².